The maximum absolute atomic E-state index is 12.5. The van der Waals surface area contributed by atoms with Crippen LogP contribution in [-0.4, -0.2) is 45.6 Å². The van der Waals surface area contributed by atoms with Crippen molar-refractivity contribution in [3.05, 3.63) is 46.7 Å². The van der Waals surface area contributed by atoms with Crippen LogP contribution >= 0.6 is 15.9 Å². The number of aromatic amines is 1. The third kappa shape index (κ3) is 3.81. The molecule has 1 fully saturated rings. The van der Waals surface area contributed by atoms with Crippen LogP contribution in [0.15, 0.2) is 39.5 Å². The Kier molecular flexibility index (Phi) is 5.03. The van der Waals surface area contributed by atoms with Crippen molar-refractivity contribution in [3.8, 4) is 0 Å². The van der Waals surface area contributed by atoms with Gasteiger partial charge in [-0.3, -0.25) is 14.8 Å². The quantitative estimate of drug-likeness (QED) is 0.666. The standard InChI is InChI=1S/C18H20BrN5O2/c19-13-1-2-15-14(9-13)17(23-22-15)18(25)21-10-12-3-6-24(7-4-12)11-16-20-5-8-26-16/h1-2,5,8-9,12H,3-4,6-7,10-11H2,(H,21,25)(H,22,23). The van der Waals surface area contributed by atoms with Gasteiger partial charge in [0.2, 0.25) is 5.89 Å². The number of oxazole rings is 1. The molecule has 7 nitrogen and oxygen atoms in total. The number of nitrogens with zero attached hydrogens (tertiary/aromatic N) is 3. The van der Waals surface area contributed by atoms with Gasteiger partial charge in [-0.2, -0.15) is 5.10 Å². The van der Waals surface area contributed by atoms with Crippen LogP contribution in [0.25, 0.3) is 10.9 Å². The Morgan fingerprint density at radius 3 is 3.00 bits per heavy atom. The van der Waals surface area contributed by atoms with Gasteiger partial charge >= 0.3 is 0 Å². The van der Waals surface area contributed by atoms with Crippen molar-refractivity contribution in [2.45, 2.75) is 19.4 Å². The highest BCUT2D eigenvalue weighted by atomic mass is 79.9. The highest BCUT2D eigenvalue weighted by molar-refractivity contribution is 9.10. The van der Waals surface area contributed by atoms with Gasteiger partial charge in [0.15, 0.2) is 5.69 Å². The molecule has 136 valence electrons. The lowest BCUT2D eigenvalue weighted by Crippen LogP contribution is -2.38. The van der Waals surface area contributed by atoms with Gasteiger partial charge in [-0.25, -0.2) is 4.98 Å². The highest BCUT2D eigenvalue weighted by Gasteiger charge is 2.22. The van der Waals surface area contributed by atoms with Crippen LogP contribution in [0.2, 0.25) is 0 Å². The van der Waals surface area contributed by atoms with Crippen LogP contribution in [0.1, 0.15) is 29.2 Å². The lowest BCUT2D eigenvalue weighted by Gasteiger charge is -2.31. The average molecular weight is 418 g/mol. The van der Waals surface area contributed by atoms with Crippen LogP contribution < -0.4 is 5.32 Å². The summed E-state index contributed by atoms with van der Waals surface area (Å²) >= 11 is 3.44. The minimum absolute atomic E-state index is 0.128. The summed E-state index contributed by atoms with van der Waals surface area (Å²) in [6.45, 7) is 3.40. The zero-order chi connectivity index (χ0) is 17.9. The largest absolute Gasteiger partial charge is 0.448 e. The van der Waals surface area contributed by atoms with Gasteiger partial charge in [-0.15, -0.1) is 0 Å². The lowest BCUT2D eigenvalue weighted by molar-refractivity contribution is 0.0930. The Hall–Kier alpha value is -2.19. The van der Waals surface area contributed by atoms with Gasteiger partial charge in [0.1, 0.15) is 6.26 Å². The second-order valence-electron chi connectivity index (χ2n) is 6.62. The van der Waals surface area contributed by atoms with Crippen LogP contribution in [0.3, 0.4) is 0 Å². The third-order valence-electron chi connectivity index (χ3n) is 4.84. The number of fused-ring (bicyclic) bond motifs is 1. The number of amides is 1. The number of likely N-dealkylation sites (tertiary alicyclic amines) is 1. The SMILES string of the molecule is O=C(NCC1CCN(Cc2ncco2)CC1)c1n[nH]c2ccc(Br)cc12. The number of nitrogens with one attached hydrogen (secondary N) is 2. The fourth-order valence-corrected chi connectivity index (χ4v) is 3.71. The number of halogens is 1. The molecular formula is C18H20BrN5O2. The molecule has 3 aromatic rings. The smallest absolute Gasteiger partial charge is 0.272 e. The first-order valence-corrected chi connectivity index (χ1v) is 9.51. The summed E-state index contributed by atoms with van der Waals surface area (Å²) in [5.74, 6) is 1.11. The molecule has 0 radical (unpaired) electrons. The van der Waals surface area contributed by atoms with Gasteiger partial charge in [0.05, 0.1) is 18.3 Å². The number of carbonyl (C=O) groups is 1. The number of piperidine rings is 1. The Morgan fingerprint density at radius 2 is 2.23 bits per heavy atom. The Morgan fingerprint density at radius 1 is 1.38 bits per heavy atom. The van der Waals surface area contributed by atoms with Crippen LogP contribution in [0.5, 0.6) is 0 Å². The Bertz CT molecular complexity index is 884. The second-order valence-corrected chi connectivity index (χ2v) is 7.53. The summed E-state index contributed by atoms with van der Waals surface area (Å²) in [4.78, 5) is 19.0. The number of hydrogen-bond donors (Lipinski definition) is 2. The van der Waals surface area contributed by atoms with Crippen molar-refractivity contribution in [1.29, 1.82) is 0 Å². The first-order chi connectivity index (χ1) is 12.7. The molecule has 0 saturated carbocycles. The number of carbonyl (C=O) groups excluding carboxylic acids is 1. The van der Waals surface area contributed by atoms with E-state index in [4.69, 9.17) is 4.42 Å². The summed E-state index contributed by atoms with van der Waals surface area (Å²) in [7, 11) is 0. The molecule has 26 heavy (non-hydrogen) atoms. The molecule has 0 unspecified atom stereocenters. The van der Waals surface area contributed by atoms with Crippen molar-refractivity contribution in [3.63, 3.8) is 0 Å². The Balaban J connectivity index is 1.29. The molecule has 1 aliphatic rings. The first-order valence-electron chi connectivity index (χ1n) is 8.71. The normalized spacial score (nSPS) is 16.2. The second kappa shape index (κ2) is 7.59. The van der Waals surface area contributed by atoms with E-state index in [0.29, 0.717) is 18.2 Å². The summed E-state index contributed by atoms with van der Waals surface area (Å²) in [5.41, 5.74) is 1.31. The number of aromatic nitrogens is 3. The molecular weight excluding hydrogens is 398 g/mol. The fourth-order valence-electron chi connectivity index (χ4n) is 3.35. The maximum Gasteiger partial charge on any atom is 0.272 e. The first kappa shape index (κ1) is 17.2. The predicted molar refractivity (Wildman–Crippen MR) is 101 cm³/mol. The molecule has 0 spiro atoms. The number of H-pyrrole nitrogens is 1. The van der Waals surface area contributed by atoms with Crippen molar-refractivity contribution in [1.82, 2.24) is 25.4 Å². The molecule has 4 rings (SSSR count). The van der Waals surface area contributed by atoms with Gasteiger partial charge < -0.3 is 9.73 Å². The van der Waals surface area contributed by atoms with Crippen molar-refractivity contribution in [2.75, 3.05) is 19.6 Å². The van der Waals surface area contributed by atoms with E-state index in [1.807, 2.05) is 18.2 Å². The lowest BCUT2D eigenvalue weighted by atomic mass is 9.96. The van der Waals surface area contributed by atoms with E-state index >= 15 is 0 Å². The van der Waals surface area contributed by atoms with Crippen LogP contribution in [0.4, 0.5) is 0 Å². The van der Waals surface area contributed by atoms with Gasteiger partial charge in [-0.05, 0) is 50.0 Å². The maximum atomic E-state index is 12.5. The average Bonchev–Trinajstić information content (AvgIpc) is 3.30. The van der Waals surface area contributed by atoms with Crippen molar-refractivity contribution in [2.24, 2.45) is 5.92 Å². The minimum atomic E-state index is -0.128. The summed E-state index contributed by atoms with van der Waals surface area (Å²) < 4.78 is 6.23. The predicted octanol–water partition coefficient (Wildman–Crippen LogP) is 2.96. The molecule has 8 heteroatoms. The van der Waals surface area contributed by atoms with E-state index in [2.05, 4.69) is 41.3 Å². The van der Waals surface area contributed by atoms with Crippen LogP contribution in [-0.2, 0) is 6.54 Å². The topological polar surface area (TPSA) is 87.1 Å². The summed E-state index contributed by atoms with van der Waals surface area (Å²) in [6.07, 6.45) is 5.38. The van der Waals surface area contributed by atoms with E-state index in [9.17, 15) is 4.79 Å². The van der Waals surface area contributed by atoms with Gasteiger partial charge in [-0.1, -0.05) is 15.9 Å². The van der Waals surface area contributed by atoms with E-state index in [1.165, 1.54) is 0 Å². The van der Waals surface area contributed by atoms with E-state index in [-0.39, 0.29) is 5.91 Å². The molecule has 3 heterocycles. The van der Waals surface area contributed by atoms with E-state index < -0.39 is 0 Å². The molecule has 2 N–H and O–H groups in total. The zero-order valence-corrected chi connectivity index (χ0v) is 15.8. The monoisotopic (exact) mass is 417 g/mol. The van der Waals surface area contributed by atoms with E-state index in [1.54, 1.807) is 12.5 Å². The molecule has 1 aliphatic heterocycles. The molecule has 2 aromatic heterocycles. The summed E-state index contributed by atoms with van der Waals surface area (Å²) in [5, 5.41) is 11.0. The molecule has 1 saturated heterocycles. The third-order valence-corrected chi connectivity index (χ3v) is 5.33. The number of benzene rings is 1. The number of rotatable bonds is 5. The van der Waals surface area contributed by atoms with Gasteiger partial charge in [0.25, 0.3) is 5.91 Å². The number of hydrogen-bond acceptors (Lipinski definition) is 5. The molecule has 0 bridgehead atoms. The van der Waals surface area contributed by atoms with Gasteiger partial charge in [0, 0.05) is 16.4 Å². The van der Waals surface area contributed by atoms with E-state index in [0.717, 1.165) is 53.7 Å². The zero-order valence-electron chi connectivity index (χ0n) is 14.2. The Labute approximate surface area is 159 Å². The summed E-state index contributed by atoms with van der Waals surface area (Å²) in [6, 6.07) is 5.75. The molecule has 1 aromatic carbocycles. The molecule has 0 aliphatic carbocycles. The highest BCUT2D eigenvalue weighted by Crippen LogP contribution is 2.22. The van der Waals surface area contributed by atoms with Crippen LogP contribution in [0, 0.1) is 5.92 Å². The van der Waals surface area contributed by atoms with Crippen molar-refractivity contribution >= 4 is 32.7 Å². The molecule has 0 atom stereocenters. The molecule has 1 amide bonds. The fraction of sp³-hybridized carbons (Fsp3) is 0.389. The van der Waals surface area contributed by atoms with Crippen molar-refractivity contribution < 1.29 is 9.21 Å². The minimum Gasteiger partial charge on any atom is -0.448 e.